The Morgan fingerprint density at radius 3 is 2.95 bits per heavy atom. The molecule has 20 heavy (non-hydrogen) atoms. The first-order chi connectivity index (χ1) is 9.63. The van der Waals surface area contributed by atoms with Crippen molar-refractivity contribution < 1.29 is 14.3 Å². The SMILES string of the molecule is CCOC(=O)C1CCCN(C(=O)C(C)n2cccn2)C1. The second-order valence-corrected chi connectivity index (χ2v) is 5.04. The zero-order valence-corrected chi connectivity index (χ0v) is 12.0. The largest absolute Gasteiger partial charge is 0.466 e. The van der Waals surface area contributed by atoms with E-state index in [2.05, 4.69) is 5.10 Å². The predicted molar refractivity (Wildman–Crippen MR) is 72.9 cm³/mol. The van der Waals surface area contributed by atoms with Crippen LogP contribution in [0.4, 0.5) is 0 Å². The fourth-order valence-electron chi connectivity index (χ4n) is 2.52. The van der Waals surface area contributed by atoms with Crippen molar-refractivity contribution in [3.8, 4) is 0 Å². The van der Waals surface area contributed by atoms with Crippen LogP contribution in [0.1, 0.15) is 32.7 Å². The van der Waals surface area contributed by atoms with Gasteiger partial charge in [-0.1, -0.05) is 0 Å². The molecule has 1 fully saturated rings. The Morgan fingerprint density at radius 2 is 2.30 bits per heavy atom. The van der Waals surface area contributed by atoms with E-state index in [9.17, 15) is 9.59 Å². The minimum absolute atomic E-state index is 0.00250. The summed E-state index contributed by atoms with van der Waals surface area (Å²) in [6, 6.07) is 1.45. The van der Waals surface area contributed by atoms with Gasteiger partial charge in [0, 0.05) is 25.5 Å². The molecule has 0 spiro atoms. The Kier molecular flexibility index (Phi) is 4.76. The van der Waals surface area contributed by atoms with Crippen LogP contribution in [0, 0.1) is 5.92 Å². The predicted octanol–water partition coefficient (Wildman–Crippen LogP) is 1.25. The van der Waals surface area contributed by atoms with Crippen LogP contribution >= 0.6 is 0 Å². The van der Waals surface area contributed by atoms with Crippen LogP contribution < -0.4 is 0 Å². The van der Waals surface area contributed by atoms with Crippen LogP contribution in [0.2, 0.25) is 0 Å². The number of hydrogen-bond acceptors (Lipinski definition) is 4. The van der Waals surface area contributed by atoms with Crippen molar-refractivity contribution in [3.05, 3.63) is 18.5 Å². The van der Waals surface area contributed by atoms with Crippen LogP contribution in [0.5, 0.6) is 0 Å². The average molecular weight is 279 g/mol. The van der Waals surface area contributed by atoms with Crippen molar-refractivity contribution in [2.24, 2.45) is 5.92 Å². The van der Waals surface area contributed by atoms with Crippen molar-refractivity contribution in [1.82, 2.24) is 14.7 Å². The zero-order valence-electron chi connectivity index (χ0n) is 12.0. The summed E-state index contributed by atoms with van der Waals surface area (Å²) in [6.45, 7) is 5.14. The van der Waals surface area contributed by atoms with Gasteiger partial charge in [-0.05, 0) is 32.8 Å². The first-order valence-corrected chi connectivity index (χ1v) is 7.08. The van der Waals surface area contributed by atoms with E-state index in [4.69, 9.17) is 4.74 Å². The monoisotopic (exact) mass is 279 g/mol. The fraction of sp³-hybridized carbons (Fsp3) is 0.643. The summed E-state index contributed by atoms with van der Waals surface area (Å²) >= 11 is 0. The summed E-state index contributed by atoms with van der Waals surface area (Å²) in [4.78, 5) is 26.0. The lowest BCUT2D eigenvalue weighted by molar-refractivity contribution is -0.151. The Labute approximate surface area is 118 Å². The number of carbonyl (C=O) groups excluding carboxylic acids is 2. The first kappa shape index (κ1) is 14.6. The van der Waals surface area contributed by atoms with E-state index in [1.165, 1.54) is 0 Å². The van der Waals surface area contributed by atoms with Gasteiger partial charge in [-0.2, -0.15) is 5.10 Å². The number of aromatic nitrogens is 2. The van der Waals surface area contributed by atoms with Gasteiger partial charge < -0.3 is 9.64 Å². The second-order valence-electron chi connectivity index (χ2n) is 5.04. The van der Waals surface area contributed by atoms with Crippen LogP contribution in [0.25, 0.3) is 0 Å². The summed E-state index contributed by atoms with van der Waals surface area (Å²) in [7, 11) is 0. The van der Waals surface area contributed by atoms with Gasteiger partial charge in [0.2, 0.25) is 5.91 Å². The summed E-state index contributed by atoms with van der Waals surface area (Å²) in [5.74, 6) is -0.392. The molecule has 2 rings (SSSR count). The lowest BCUT2D eigenvalue weighted by Crippen LogP contribution is -2.45. The molecule has 0 radical (unpaired) electrons. The highest BCUT2D eigenvalue weighted by Crippen LogP contribution is 2.20. The average Bonchev–Trinajstić information content (AvgIpc) is 3.00. The molecule has 0 aromatic carbocycles. The van der Waals surface area contributed by atoms with Gasteiger partial charge in [-0.3, -0.25) is 14.3 Å². The number of carbonyl (C=O) groups is 2. The van der Waals surface area contributed by atoms with Gasteiger partial charge >= 0.3 is 5.97 Å². The molecule has 1 amide bonds. The molecule has 0 aliphatic carbocycles. The maximum atomic E-state index is 12.4. The molecule has 1 aliphatic rings. The molecular weight excluding hydrogens is 258 g/mol. The molecule has 1 aromatic heterocycles. The molecule has 0 bridgehead atoms. The lowest BCUT2D eigenvalue weighted by atomic mass is 9.97. The van der Waals surface area contributed by atoms with E-state index < -0.39 is 0 Å². The Hall–Kier alpha value is -1.85. The number of esters is 1. The topological polar surface area (TPSA) is 64.4 Å². The Balaban J connectivity index is 1.98. The highest BCUT2D eigenvalue weighted by atomic mass is 16.5. The van der Waals surface area contributed by atoms with Crippen molar-refractivity contribution in [3.63, 3.8) is 0 Å². The van der Waals surface area contributed by atoms with Crippen LogP contribution in [-0.2, 0) is 14.3 Å². The molecule has 6 heteroatoms. The van der Waals surface area contributed by atoms with E-state index in [0.717, 1.165) is 12.8 Å². The molecule has 1 aromatic rings. The van der Waals surface area contributed by atoms with Gasteiger partial charge in [-0.15, -0.1) is 0 Å². The summed E-state index contributed by atoms with van der Waals surface area (Å²) in [6.07, 6.45) is 5.05. The highest BCUT2D eigenvalue weighted by molar-refractivity contribution is 5.81. The van der Waals surface area contributed by atoms with Crippen LogP contribution in [-0.4, -0.2) is 46.3 Å². The third kappa shape index (κ3) is 3.18. The van der Waals surface area contributed by atoms with Gasteiger partial charge in [0.1, 0.15) is 6.04 Å². The quantitative estimate of drug-likeness (QED) is 0.778. The fourth-order valence-corrected chi connectivity index (χ4v) is 2.52. The molecule has 0 saturated carbocycles. The molecule has 2 atom stereocenters. The third-order valence-electron chi connectivity index (χ3n) is 3.63. The van der Waals surface area contributed by atoms with Crippen molar-refractivity contribution in [1.29, 1.82) is 0 Å². The van der Waals surface area contributed by atoms with E-state index in [1.54, 1.807) is 35.0 Å². The number of likely N-dealkylation sites (tertiary alicyclic amines) is 1. The van der Waals surface area contributed by atoms with Gasteiger partial charge in [0.15, 0.2) is 0 Å². The molecule has 2 heterocycles. The van der Waals surface area contributed by atoms with Crippen molar-refractivity contribution >= 4 is 11.9 Å². The molecule has 6 nitrogen and oxygen atoms in total. The first-order valence-electron chi connectivity index (χ1n) is 7.08. The second kappa shape index (κ2) is 6.54. The minimum atomic E-state index is -0.342. The highest BCUT2D eigenvalue weighted by Gasteiger charge is 2.31. The number of amides is 1. The Bertz CT molecular complexity index is 458. The molecule has 0 N–H and O–H groups in total. The third-order valence-corrected chi connectivity index (χ3v) is 3.63. The minimum Gasteiger partial charge on any atom is -0.466 e. The number of hydrogen-bond donors (Lipinski definition) is 0. The molecule has 110 valence electrons. The normalized spacial score (nSPS) is 20.5. The van der Waals surface area contributed by atoms with Gasteiger partial charge in [0.05, 0.1) is 12.5 Å². The molecule has 2 unspecified atom stereocenters. The summed E-state index contributed by atoms with van der Waals surface area (Å²) in [5, 5.41) is 4.09. The van der Waals surface area contributed by atoms with E-state index in [-0.39, 0.29) is 23.8 Å². The van der Waals surface area contributed by atoms with Gasteiger partial charge in [-0.25, -0.2) is 0 Å². The molecule has 1 aliphatic heterocycles. The number of piperidine rings is 1. The van der Waals surface area contributed by atoms with Gasteiger partial charge in [0.25, 0.3) is 0 Å². The van der Waals surface area contributed by atoms with E-state index in [0.29, 0.717) is 19.7 Å². The number of nitrogens with zero attached hydrogens (tertiary/aromatic N) is 3. The maximum Gasteiger partial charge on any atom is 0.310 e. The molecule has 1 saturated heterocycles. The van der Waals surface area contributed by atoms with E-state index in [1.807, 2.05) is 6.92 Å². The smallest absolute Gasteiger partial charge is 0.310 e. The molecular formula is C14H21N3O3. The zero-order chi connectivity index (χ0) is 14.5. The van der Waals surface area contributed by atoms with Crippen LogP contribution in [0.3, 0.4) is 0 Å². The maximum absolute atomic E-state index is 12.4. The number of rotatable bonds is 4. The van der Waals surface area contributed by atoms with E-state index >= 15 is 0 Å². The van der Waals surface area contributed by atoms with Crippen LogP contribution in [0.15, 0.2) is 18.5 Å². The van der Waals surface area contributed by atoms with Crippen molar-refractivity contribution in [2.75, 3.05) is 19.7 Å². The summed E-state index contributed by atoms with van der Waals surface area (Å²) < 4.78 is 6.68. The lowest BCUT2D eigenvalue weighted by Gasteiger charge is -2.33. The number of ether oxygens (including phenoxy) is 1. The van der Waals surface area contributed by atoms with Crippen molar-refractivity contribution in [2.45, 2.75) is 32.7 Å². The summed E-state index contributed by atoms with van der Waals surface area (Å²) in [5.41, 5.74) is 0. The Morgan fingerprint density at radius 1 is 1.50 bits per heavy atom. The standard InChI is InChI=1S/C14H21N3O3/c1-3-20-14(19)12-6-4-8-16(10-12)13(18)11(2)17-9-5-7-15-17/h5,7,9,11-12H,3-4,6,8,10H2,1-2H3.